The fraction of sp³-hybridized carbons (Fsp3) is 0.316. The maximum Gasteiger partial charge on any atom is 0.422 e. The quantitative estimate of drug-likeness (QED) is 0.824. The number of benzene rings is 2. The number of hydrogen-bond donors (Lipinski definition) is 1. The van der Waals surface area contributed by atoms with Gasteiger partial charge in [-0.3, -0.25) is 4.79 Å². The fourth-order valence-electron chi connectivity index (χ4n) is 2.82. The molecule has 1 N–H and O–H groups in total. The lowest BCUT2D eigenvalue weighted by Gasteiger charge is -2.27. The molecule has 2 aromatic carbocycles. The fourth-order valence-corrected chi connectivity index (χ4v) is 2.82. The van der Waals surface area contributed by atoms with Crippen molar-refractivity contribution in [3.8, 4) is 16.9 Å². The van der Waals surface area contributed by atoms with Crippen molar-refractivity contribution in [2.45, 2.75) is 6.18 Å². The van der Waals surface area contributed by atoms with Crippen molar-refractivity contribution in [2.24, 2.45) is 0 Å². The molecule has 1 fully saturated rings. The summed E-state index contributed by atoms with van der Waals surface area (Å²) in [6, 6.07) is 10.2. The third kappa shape index (κ3) is 4.97. The van der Waals surface area contributed by atoms with Crippen LogP contribution < -0.4 is 10.1 Å². The normalized spacial score (nSPS) is 14.9. The van der Waals surface area contributed by atoms with Gasteiger partial charge in [0.1, 0.15) is 11.6 Å². The first-order valence-corrected chi connectivity index (χ1v) is 8.43. The molecule has 4 nitrogen and oxygen atoms in total. The van der Waals surface area contributed by atoms with E-state index < -0.39 is 18.6 Å². The van der Waals surface area contributed by atoms with Crippen molar-refractivity contribution in [3.63, 3.8) is 0 Å². The number of rotatable bonds is 4. The van der Waals surface area contributed by atoms with E-state index in [9.17, 15) is 22.4 Å². The summed E-state index contributed by atoms with van der Waals surface area (Å²) in [7, 11) is 0. The molecule has 0 aromatic heterocycles. The molecule has 144 valence electrons. The molecular formula is C19H18F4N2O2. The Hall–Kier alpha value is -2.61. The van der Waals surface area contributed by atoms with E-state index in [4.69, 9.17) is 0 Å². The average molecular weight is 382 g/mol. The van der Waals surface area contributed by atoms with Crippen molar-refractivity contribution < 1.29 is 27.1 Å². The summed E-state index contributed by atoms with van der Waals surface area (Å²) in [6.45, 7) is 0.965. The highest BCUT2D eigenvalue weighted by atomic mass is 19.4. The first-order chi connectivity index (χ1) is 12.8. The van der Waals surface area contributed by atoms with E-state index in [2.05, 4.69) is 10.1 Å². The molecule has 1 heterocycles. The van der Waals surface area contributed by atoms with Crippen LogP contribution in [0.15, 0.2) is 42.5 Å². The smallest absolute Gasteiger partial charge is 0.422 e. The van der Waals surface area contributed by atoms with Crippen LogP contribution in [0.2, 0.25) is 0 Å². The van der Waals surface area contributed by atoms with Crippen molar-refractivity contribution in [3.05, 3.63) is 53.8 Å². The van der Waals surface area contributed by atoms with Crippen LogP contribution >= 0.6 is 0 Å². The maximum atomic E-state index is 14.2. The van der Waals surface area contributed by atoms with Crippen molar-refractivity contribution in [1.82, 2.24) is 10.2 Å². The zero-order chi connectivity index (χ0) is 19.4. The van der Waals surface area contributed by atoms with Crippen LogP contribution in [0.25, 0.3) is 11.1 Å². The minimum Gasteiger partial charge on any atom is -0.484 e. The summed E-state index contributed by atoms with van der Waals surface area (Å²) in [5, 5.41) is 3.13. The van der Waals surface area contributed by atoms with Gasteiger partial charge in [-0.1, -0.05) is 18.2 Å². The van der Waals surface area contributed by atoms with Crippen molar-refractivity contribution in [1.29, 1.82) is 0 Å². The Morgan fingerprint density at radius 3 is 2.30 bits per heavy atom. The minimum absolute atomic E-state index is 0.0215. The van der Waals surface area contributed by atoms with Crippen LogP contribution in [-0.4, -0.2) is 49.8 Å². The Labute approximate surface area is 153 Å². The van der Waals surface area contributed by atoms with E-state index in [1.807, 2.05) is 0 Å². The van der Waals surface area contributed by atoms with Crippen LogP contribution in [-0.2, 0) is 0 Å². The van der Waals surface area contributed by atoms with Crippen LogP contribution in [0.5, 0.6) is 5.75 Å². The number of amides is 1. The van der Waals surface area contributed by atoms with Crippen LogP contribution in [0, 0.1) is 5.82 Å². The van der Waals surface area contributed by atoms with Gasteiger partial charge in [0.25, 0.3) is 5.91 Å². The SMILES string of the molecule is O=C(c1cc(-c2ccc(OCC(F)(F)F)cc2)ccc1F)N1CCNCC1. The monoisotopic (exact) mass is 382 g/mol. The zero-order valence-electron chi connectivity index (χ0n) is 14.4. The maximum absolute atomic E-state index is 14.2. The van der Waals surface area contributed by atoms with Gasteiger partial charge in [-0.2, -0.15) is 13.2 Å². The lowest BCUT2D eigenvalue weighted by atomic mass is 10.0. The second-order valence-electron chi connectivity index (χ2n) is 6.17. The molecular weight excluding hydrogens is 364 g/mol. The summed E-state index contributed by atoms with van der Waals surface area (Å²) in [4.78, 5) is 14.2. The van der Waals surface area contributed by atoms with Gasteiger partial charge in [0.2, 0.25) is 0 Å². The Morgan fingerprint density at radius 2 is 1.67 bits per heavy atom. The summed E-state index contributed by atoms with van der Waals surface area (Å²) in [6.07, 6.45) is -4.41. The van der Waals surface area contributed by atoms with Crippen molar-refractivity contribution >= 4 is 5.91 Å². The summed E-state index contributed by atoms with van der Waals surface area (Å²) in [5.74, 6) is -0.899. The van der Waals surface area contributed by atoms with Gasteiger partial charge in [-0.25, -0.2) is 4.39 Å². The predicted molar refractivity (Wildman–Crippen MR) is 92.2 cm³/mol. The second kappa shape index (κ2) is 7.96. The number of piperazine rings is 1. The minimum atomic E-state index is -4.41. The number of hydrogen-bond acceptors (Lipinski definition) is 3. The molecule has 0 atom stereocenters. The van der Waals surface area contributed by atoms with E-state index in [1.54, 1.807) is 17.0 Å². The highest BCUT2D eigenvalue weighted by Crippen LogP contribution is 2.26. The van der Waals surface area contributed by atoms with E-state index in [0.29, 0.717) is 37.3 Å². The molecule has 2 aromatic rings. The van der Waals surface area contributed by atoms with E-state index in [1.165, 1.54) is 30.3 Å². The lowest BCUT2D eigenvalue weighted by Crippen LogP contribution is -2.46. The van der Waals surface area contributed by atoms with E-state index in [0.717, 1.165) is 0 Å². The summed E-state index contributed by atoms with van der Waals surface area (Å²) < 4.78 is 55.4. The molecule has 1 amide bonds. The first kappa shape index (κ1) is 19.2. The first-order valence-electron chi connectivity index (χ1n) is 8.43. The van der Waals surface area contributed by atoms with Gasteiger partial charge in [0, 0.05) is 26.2 Å². The largest absolute Gasteiger partial charge is 0.484 e. The van der Waals surface area contributed by atoms with Crippen molar-refractivity contribution in [2.75, 3.05) is 32.8 Å². The predicted octanol–water partition coefficient (Wildman–Crippen LogP) is 3.48. The molecule has 27 heavy (non-hydrogen) atoms. The number of alkyl halides is 3. The zero-order valence-corrected chi connectivity index (χ0v) is 14.4. The molecule has 0 saturated carbocycles. The third-order valence-corrected chi connectivity index (χ3v) is 4.19. The number of carbonyl (C=O) groups is 1. The highest BCUT2D eigenvalue weighted by Gasteiger charge is 2.28. The molecule has 1 saturated heterocycles. The van der Waals surface area contributed by atoms with Gasteiger partial charge in [-0.05, 0) is 35.4 Å². The molecule has 0 radical (unpaired) electrons. The molecule has 0 aliphatic carbocycles. The van der Waals surface area contributed by atoms with E-state index in [-0.39, 0.29) is 17.2 Å². The summed E-state index contributed by atoms with van der Waals surface area (Å²) >= 11 is 0. The molecule has 0 spiro atoms. The summed E-state index contributed by atoms with van der Waals surface area (Å²) in [5.41, 5.74) is 1.22. The number of carbonyl (C=O) groups excluding carboxylic acids is 1. The Bertz CT molecular complexity index is 800. The van der Waals surface area contributed by atoms with Crippen LogP contribution in [0.4, 0.5) is 17.6 Å². The molecule has 0 bridgehead atoms. The topological polar surface area (TPSA) is 41.6 Å². The standard InChI is InChI=1S/C19H18F4N2O2/c20-17-6-3-14(11-16(17)18(26)25-9-7-24-8-10-25)13-1-4-15(5-2-13)27-12-19(21,22)23/h1-6,11,24H,7-10,12H2. The van der Waals surface area contributed by atoms with Crippen LogP contribution in [0.3, 0.4) is 0 Å². The number of nitrogens with one attached hydrogen (secondary N) is 1. The lowest BCUT2D eigenvalue weighted by molar-refractivity contribution is -0.153. The van der Waals surface area contributed by atoms with Gasteiger partial charge in [0.05, 0.1) is 5.56 Å². The highest BCUT2D eigenvalue weighted by molar-refractivity contribution is 5.96. The van der Waals surface area contributed by atoms with E-state index >= 15 is 0 Å². The Kier molecular flexibility index (Phi) is 5.65. The third-order valence-electron chi connectivity index (χ3n) is 4.19. The van der Waals surface area contributed by atoms with Crippen LogP contribution in [0.1, 0.15) is 10.4 Å². The Balaban J connectivity index is 1.78. The number of nitrogens with zero attached hydrogens (tertiary/aromatic N) is 1. The molecule has 8 heteroatoms. The molecule has 1 aliphatic rings. The van der Waals surface area contributed by atoms with Gasteiger partial charge in [0.15, 0.2) is 6.61 Å². The number of ether oxygens (including phenoxy) is 1. The Morgan fingerprint density at radius 1 is 1.04 bits per heavy atom. The molecule has 3 rings (SSSR count). The molecule has 1 aliphatic heterocycles. The second-order valence-corrected chi connectivity index (χ2v) is 6.17. The number of halogens is 4. The van der Waals surface area contributed by atoms with Gasteiger partial charge < -0.3 is 15.0 Å². The average Bonchev–Trinajstić information content (AvgIpc) is 2.67. The van der Waals surface area contributed by atoms with Gasteiger partial charge in [-0.15, -0.1) is 0 Å². The van der Waals surface area contributed by atoms with Gasteiger partial charge >= 0.3 is 6.18 Å². The molecule has 0 unspecified atom stereocenters.